The number of hydrogen-bond acceptors (Lipinski definition) is 4. The highest BCUT2D eigenvalue weighted by molar-refractivity contribution is 5.87. The number of nitrogens with zero attached hydrogens (tertiary/aromatic N) is 2. The summed E-state index contributed by atoms with van der Waals surface area (Å²) >= 11 is 0. The maximum absolute atomic E-state index is 11.9. The number of carboxylic acids is 1. The lowest BCUT2D eigenvalue weighted by molar-refractivity contribution is -0.146. The van der Waals surface area contributed by atoms with E-state index in [0.29, 0.717) is 25.1 Å². The third kappa shape index (κ3) is 2.87. The van der Waals surface area contributed by atoms with Gasteiger partial charge in [0.1, 0.15) is 6.04 Å². The van der Waals surface area contributed by atoms with E-state index in [-0.39, 0.29) is 5.91 Å². The van der Waals surface area contributed by atoms with Gasteiger partial charge in [0.25, 0.3) is 0 Å². The molecule has 3 aromatic rings. The first kappa shape index (κ1) is 15.4. The number of carboxylic acid groups (broad SMARTS) is 1. The number of aromatic nitrogens is 1. The molecule has 0 bridgehead atoms. The van der Waals surface area contributed by atoms with Gasteiger partial charge in [-0.15, -0.1) is 0 Å². The lowest BCUT2D eigenvalue weighted by Gasteiger charge is -2.21. The standard InChI is InChI=1S/C19H16N2O4/c22-17-6-5-16(19(23)24)21(17)11-12-1-3-13(4-2-12)15-9-14-7-8-25-18(14)20-10-15/h1-4,7-10,16H,5-6,11H2,(H,23,24). The summed E-state index contributed by atoms with van der Waals surface area (Å²) in [5.41, 5.74) is 3.48. The van der Waals surface area contributed by atoms with Gasteiger partial charge in [-0.25, -0.2) is 9.78 Å². The predicted octanol–water partition coefficient (Wildman–Crippen LogP) is 3.07. The first-order chi connectivity index (χ1) is 12.1. The summed E-state index contributed by atoms with van der Waals surface area (Å²) in [6, 6.07) is 10.9. The number of furan rings is 1. The van der Waals surface area contributed by atoms with E-state index in [4.69, 9.17) is 4.42 Å². The van der Waals surface area contributed by atoms with Crippen molar-refractivity contribution in [3.63, 3.8) is 0 Å². The Kier molecular flexibility index (Phi) is 3.72. The van der Waals surface area contributed by atoms with Crippen molar-refractivity contribution in [2.45, 2.75) is 25.4 Å². The summed E-state index contributed by atoms with van der Waals surface area (Å²) in [6.45, 7) is 0.315. The monoisotopic (exact) mass is 336 g/mol. The molecule has 1 saturated heterocycles. The van der Waals surface area contributed by atoms with Gasteiger partial charge in [-0.05, 0) is 29.7 Å². The van der Waals surface area contributed by atoms with Crippen molar-refractivity contribution in [2.75, 3.05) is 0 Å². The van der Waals surface area contributed by atoms with Gasteiger partial charge in [0.15, 0.2) is 0 Å². The second-order valence-electron chi connectivity index (χ2n) is 6.15. The van der Waals surface area contributed by atoms with Crippen molar-refractivity contribution < 1.29 is 19.1 Å². The molecule has 1 aliphatic rings. The summed E-state index contributed by atoms with van der Waals surface area (Å²) in [4.78, 5) is 28.9. The highest BCUT2D eigenvalue weighted by atomic mass is 16.4. The Morgan fingerprint density at radius 2 is 2.04 bits per heavy atom. The Labute approximate surface area is 143 Å². The highest BCUT2D eigenvalue weighted by Gasteiger charge is 2.35. The SMILES string of the molecule is O=C(O)C1CCC(=O)N1Cc1ccc(-c2cnc3occc3c2)cc1. The molecule has 1 N–H and O–H groups in total. The van der Waals surface area contributed by atoms with Gasteiger partial charge in [0.2, 0.25) is 11.6 Å². The molecule has 25 heavy (non-hydrogen) atoms. The molecule has 1 amide bonds. The van der Waals surface area contributed by atoms with Crippen LogP contribution in [0.5, 0.6) is 0 Å². The van der Waals surface area contributed by atoms with Gasteiger partial charge in [0.05, 0.1) is 6.26 Å². The van der Waals surface area contributed by atoms with Crippen LogP contribution in [0.1, 0.15) is 18.4 Å². The van der Waals surface area contributed by atoms with Crippen molar-refractivity contribution in [3.8, 4) is 11.1 Å². The second-order valence-corrected chi connectivity index (χ2v) is 6.15. The Balaban J connectivity index is 1.55. The number of benzene rings is 1. The number of carbonyl (C=O) groups excluding carboxylic acids is 1. The van der Waals surface area contributed by atoms with Crippen molar-refractivity contribution >= 4 is 23.0 Å². The molecule has 2 aromatic heterocycles. The van der Waals surface area contributed by atoms with E-state index in [1.807, 2.05) is 36.4 Å². The molecule has 0 aliphatic carbocycles. The molecule has 1 atom stereocenters. The lowest BCUT2D eigenvalue weighted by atomic mass is 10.0. The molecular formula is C19H16N2O4. The molecular weight excluding hydrogens is 320 g/mol. The minimum atomic E-state index is -0.943. The van der Waals surface area contributed by atoms with E-state index in [0.717, 1.165) is 22.1 Å². The Hall–Kier alpha value is -3.15. The summed E-state index contributed by atoms with van der Waals surface area (Å²) in [5.74, 6) is -1.05. The number of pyridine rings is 1. The number of fused-ring (bicyclic) bond motifs is 1. The highest BCUT2D eigenvalue weighted by Crippen LogP contribution is 2.25. The molecule has 4 rings (SSSR count). The van der Waals surface area contributed by atoms with Crippen LogP contribution in [0, 0.1) is 0 Å². The van der Waals surface area contributed by atoms with Crippen molar-refractivity contribution in [1.29, 1.82) is 0 Å². The maximum Gasteiger partial charge on any atom is 0.326 e. The van der Waals surface area contributed by atoms with E-state index in [2.05, 4.69) is 4.98 Å². The van der Waals surface area contributed by atoms with Gasteiger partial charge in [-0.2, -0.15) is 0 Å². The van der Waals surface area contributed by atoms with Crippen LogP contribution in [-0.2, 0) is 16.1 Å². The molecule has 6 heteroatoms. The number of aliphatic carboxylic acids is 1. The van der Waals surface area contributed by atoms with Crippen LogP contribution in [-0.4, -0.2) is 32.9 Å². The second kappa shape index (κ2) is 6.05. The van der Waals surface area contributed by atoms with E-state index in [9.17, 15) is 14.7 Å². The topological polar surface area (TPSA) is 83.6 Å². The molecule has 1 aliphatic heterocycles. The molecule has 1 unspecified atom stereocenters. The van der Waals surface area contributed by atoms with Crippen LogP contribution in [0.2, 0.25) is 0 Å². The Bertz CT molecular complexity index is 945. The third-order valence-corrected chi connectivity index (χ3v) is 4.56. The van der Waals surface area contributed by atoms with Gasteiger partial charge >= 0.3 is 5.97 Å². The fraction of sp³-hybridized carbons (Fsp3) is 0.211. The van der Waals surface area contributed by atoms with Crippen molar-refractivity contribution in [2.24, 2.45) is 0 Å². The summed E-state index contributed by atoms with van der Waals surface area (Å²) in [5, 5.41) is 10.2. The minimum Gasteiger partial charge on any atom is -0.480 e. The number of hydrogen-bond donors (Lipinski definition) is 1. The fourth-order valence-electron chi connectivity index (χ4n) is 3.20. The quantitative estimate of drug-likeness (QED) is 0.791. The molecule has 0 spiro atoms. The Morgan fingerprint density at radius 3 is 2.80 bits per heavy atom. The van der Waals surface area contributed by atoms with Gasteiger partial charge in [-0.3, -0.25) is 4.79 Å². The first-order valence-corrected chi connectivity index (χ1v) is 8.06. The van der Waals surface area contributed by atoms with Crippen LogP contribution >= 0.6 is 0 Å². The van der Waals surface area contributed by atoms with Crippen LogP contribution in [0.4, 0.5) is 0 Å². The number of likely N-dealkylation sites (tertiary alicyclic amines) is 1. The zero-order chi connectivity index (χ0) is 17.4. The van der Waals surface area contributed by atoms with Crippen LogP contribution in [0.3, 0.4) is 0 Å². The molecule has 3 heterocycles. The average molecular weight is 336 g/mol. The zero-order valence-corrected chi connectivity index (χ0v) is 13.4. The smallest absolute Gasteiger partial charge is 0.326 e. The summed E-state index contributed by atoms with van der Waals surface area (Å²) in [6.07, 6.45) is 4.04. The van der Waals surface area contributed by atoms with Crippen molar-refractivity contribution in [3.05, 3.63) is 54.4 Å². The zero-order valence-electron chi connectivity index (χ0n) is 13.4. The minimum absolute atomic E-state index is 0.105. The van der Waals surface area contributed by atoms with E-state index in [1.165, 1.54) is 4.90 Å². The Morgan fingerprint density at radius 1 is 1.24 bits per heavy atom. The number of carbonyl (C=O) groups is 2. The lowest BCUT2D eigenvalue weighted by Crippen LogP contribution is -2.37. The average Bonchev–Trinajstić information content (AvgIpc) is 3.22. The molecule has 6 nitrogen and oxygen atoms in total. The fourth-order valence-corrected chi connectivity index (χ4v) is 3.20. The normalized spacial score (nSPS) is 17.4. The van der Waals surface area contributed by atoms with Gasteiger partial charge in [0, 0.05) is 30.1 Å². The number of amides is 1. The largest absolute Gasteiger partial charge is 0.480 e. The van der Waals surface area contributed by atoms with Crippen LogP contribution in [0.15, 0.2) is 53.3 Å². The molecule has 1 fully saturated rings. The molecule has 0 saturated carbocycles. The van der Waals surface area contributed by atoms with Gasteiger partial charge < -0.3 is 14.4 Å². The van der Waals surface area contributed by atoms with E-state index >= 15 is 0 Å². The van der Waals surface area contributed by atoms with Crippen LogP contribution in [0.25, 0.3) is 22.2 Å². The maximum atomic E-state index is 11.9. The number of rotatable bonds is 4. The summed E-state index contributed by atoms with van der Waals surface area (Å²) < 4.78 is 5.25. The van der Waals surface area contributed by atoms with Crippen LogP contribution < -0.4 is 0 Å². The molecule has 126 valence electrons. The molecule has 0 radical (unpaired) electrons. The molecule has 1 aromatic carbocycles. The first-order valence-electron chi connectivity index (χ1n) is 8.06. The summed E-state index contributed by atoms with van der Waals surface area (Å²) in [7, 11) is 0. The third-order valence-electron chi connectivity index (χ3n) is 4.56. The van der Waals surface area contributed by atoms with E-state index in [1.54, 1.807) is 12.5 Å². The predicted molar refractivity (Wildman–Crippen MR) is 90.7 cm³/mol. The van der Waals surface area contributed by atoms with Crippen molar-refractivity contribution in [1.82, 2.24) is 9.88 Å². The van der Waals surface area contributed by atoms with Gasteiger partial charge in [-0.1, -0.05) is 24.3 Å². The van der Waals surface area contributed by atoms with E-state index < -0.39 is 12.0 Å².